The zero-order chi connectivity index (χ0) is 23.1. The molecule has 0 radical (unpaired) electrons. The average Bonchev–Trinajstić information content (AvgIpc) is 3.38. The summed E-state index contributed by atoms with van der Waals surface area (Å²) < 4.78 is 0. The lowest BCUT2D eigenvalue weighted by molar-refractivity contribution is 0.773. The molecule has 1 heterocycles. The van der Waals surface area contributed by atoms with E-state index >= 15 is 0 Å². The van der Waals surface area contributed by atoms with E-state index in [0.717, 1.165) is 11.2 Å². The van der Waals surface area contributed by atoms with Crippen LogP contribution in [0.5, 0.6) is 0 Å². The zero-order valence-electron chi connectivity index (χ0n) is 19.7. The Balaban J connectivity index is 1.66. The molecule has 0 spiro atoms. The van der Waals surface area contributed by atoms with Crippen LogP contribution in [0.4, 0.5) is 0 Å². The first-order valence-electron chi connectivity index (χ1n) is 12.1. The molecule has 5 aromatic rings. The predicted molar refractivity (Wildman–Crippen MR) is 146 cm³/mol. The van der Waals surface area contributed by atoms with Crippen LogP contribution in [0.3, 0.4) is 0 Å². The Kier molecular flexibility index (Phi) is 3.92. The van der Waals surface area contributed by atoms with Gasteiger partial charge in [-0.3, -0.25) is 0 Å². The van der Waals surface area contributed by atoms with Crippen LogP contribution >= 0.6 is 0 Å². The molecule has 2 unspecified atom stereocenters. The molecule has 2 bridgehead atoms. The summed E-state index contributed by atoms with van der Waals surface area (Å²) in [5.41, 5.74) is 9.47. The van der Waals surface area contributed by atoms with E-state index in [1.165, 1.54) is 66.4 Å². The monoisotopic (exact) mass is 435 g/mol. The van der Waals surface area contributed by atoms with E-state index in [1.807, 2.05) is 6.08 Å². The van der Waals surface area contributed by atoms with E-state index in [0.29, 0.717) is 11.8 Å². The van der Waals surface area contributed by atoms with E-state index in [-0.39, 0.29) is 0 Å². The van der Waals surface area contributed by atoms with Crippen molar-refractivity contribution in [3.63, 3.8) is 0 Å². The molecule has 2 aliphatic carbocycles. The third-order valence-corrected chi connectivity index (χ3v) is 8.43. The van der Waals surface area contributed by atoms with Crippen molar-refractivity contribution in [2.24, 2.45) is 0 Å². The fraction of sp³-hybridized carbons (Fsp3) is 0.182. The summed E-state index contributed by atoms with van der Waals surface area (Å²) >= 11 is 0. The lowest BCUT2D eigenvalue weighted by atomic mass is 9.82. The Morgan fingerprint density at radius 1 is 0.912 bits per heavy atom. The Morgan fingerprint density at radius 3 is 2.38 bits per heavy atom. The molecule has 2 atom stereocenters. The largest absolute Gasteiger partial charge is 0.247 e. The van der Waals surface area contributed by atoms with Gasteiger partial charge in [-0.2, -0.15) is 0 Å². The van der Waals surface area contributed by atoms with E-state index in [2.05, 4.69) is 81.3 Å². The van der Waals surface area contributed by atoms with Crippen molar-refractivity contribution in [2.45, 2.75) is 39.0 Å². The minimum atomic E-state index is 0.470. The Bertz CT molecular complexity index is 1800. The van der Waals surface area contributed by atoms with Gasteiger partial charge in [-0.15, -0.1) is 6.42 Å². The number of benzene rings is 4. The fourth-order valence-corrected chi connectivity index (χ4v) is 6.73. The molecule has 1 nitrogen and oxygen atoms in total. The zero-order valence-corrected chi connectivity index (χ0v) is 19.7. The van der Waals surface area contributed by atoms with Crippen LogP contribution < -0.4 is 0 Å². The molecule has 0 N–H and O–H groups in total. The molecule has 34 heavy (non-hydrogen) atoms. The van der Waals surface area contributed by atoms with Gasteiger partial charge in [0.1, 0.15) is 0 Å². The van der Waals surface area contributed by atoms with E-state index in [1.54, 1.807) is 11.6 Å². The highest BCUT2D eigenvalue weighted by Gasteiger charge is 2.43. The molecule has 0 amide bonds. The molecule has 162 valence electrons. The molecule has 0 saturated heterocycles. The van der Waals surface area contributed by atoms with Crippen molar-refractivity contribution in [2.75, 3.05) is 0 Å². The molecular formula is C33H25N. The lowest BCUT2D eigenvalue weighted by Gasteiger charge is -2.24. The third-order valence-electron chi connectivity index (χ3n) is 8.43. The van der Waals surface area contributed by atoms with Gasteiger partial charge >= 0.3 is 0 Å². The van der Waals surface area contributed by atoms with Crippen LogP contribution in [0.1, 0.15) is 55.8 Å². The van der Waals surface area contributed by atoms with Crippen LogP contribution in [0.2, 0.25) is 0 Å². The maximum atomic E-state index is 5.45. The van der Waals surface area contributed by atoms with Gasteiger partial charge in [0.05, 0.1) is 11.2 Å². The van der Waals surface area contributed by atoms with E-state index < -0.39 is 0 Å². The van der Waals surface area contributed by atoms with Gasteiger partial charge in [0.15, 0.2) is 0 Å². The quantitative estimate of drug-likeness (QED) is 0.0889. The number of rotatable bonds is 2. The SMILES string of the molecule is C#CC=CC=C(C)c1nc2c(cc3ccc4cccc5ccc2c3c45)c2c1C1CC2C(C)=C1C. The van der Waals surface area contributed by atoms with Gasteiger partial charge in [0.2, 0.25) is 0 Å². The van der Waals surface area contributed by atoms with Gasteiger partial charge in [0, 0.05) is 22.6 Å². The Hall–Kier alpha value is -3.89. The van der Waals surface area contributed by atoms with Crippen molar-refractivity contribution < 1.29 is 0 Å². The van der Waals surface area contributed by atoms with Gasteiger partial charge in [-0.25, -0.2) is 4.98 Å². The second-order valence-corrected chi connectivity index (χ2v) is 10.00. The van der Waals surface area contributed by atoms with Crippen molar-refractivity contribution in [1.29, 1.82) is 0 Å². The van der Waals surface area contributed by atoms with E-state index in [4.69, 9.17) is 11.4 Å². The molecule has 1 aromatic heterocycles. The first-order chi connectivity index (χ1) is 16.6. The molecule has 0 aliphatic heterocycles. The fourth-order valence-electron chi connectivity index (χ4n) is 6.73. The normalized spacial score (nSPS) is 20.0. The van der Waals surface area contributed by atoms with Gasteiger partial charge in [-0.05, 0) is 83.0 Å². The lowest BCUT2D eigenvalue weighted by Crippen LogP contribution is -2.08. The van der Waals surface area contributed by atoms with Crippen LogP contribution in [-0.4, -0.2) is 4.98 Å². The van der Waals surface area contributed by atoms with Gasteiger partial charge < -0.3 is 0 Å². The molecule has 0 fully saturated rings. The predicted octanol–water partition coefficient (Wildman–Crippen LogP) is 8.65. The molecule has 4 aromatic carbocycles. The Labute approximate surface area is 199 Å². The maximum absolute atomic E-state index is 5.45. The minimum absolute atomic E-state index is 0.470. The van der Waals surface area contributed by atoms with Crippen LogP contribution in [-0.2, 0) is 0 Å². The van der Waals surface area contributed by atoms with Crippen LogP contribution in [0.25, 0.3) is 48.8 Å². The van der Waals surface area contributed by atoms with Gasteiger partial charge in [0.25, 0.3) is 0 Å². The topological polar surface area (TPSA) is 12.9 Å². The number of aromatic nitrogens is 1. The highest BCUT2D eigenvalue weighted by atomic mass is 14.7. The molecule has 1 heteroatoms. The average molecular weight is 436 g/mol. The van der Waals surface area contributed by atoms with Gasteiger partial charge in [-0.1, -0.05) is 71.7 Å². The highest BCUT2D eigenvalue weighted by molar-refractivity contribution is 6.28. The molecule has 0 saturated carbocycles. The summed E-state index contributed by atoms with van der Waals surface area (Å²) in [7, 11) is 0. The number of hydrogen-bond acceptors (Lipinski definition) is 1. The van der Waals surface area contributed by atoms with Crippen LogP contribution in [0.15, 0.2) is 77.9 Å². The van der Waals surface area contributed by atoms with E-state index in [9.17, 15) is 0 Å². The number of pyridine rings is 1. The first kappa shape index (κ1) is 19.6. The van der Waals surface area contributed by atoms with Crippen molar-refractivity contribution >= 4 is 48.8 Å². The van der Waals surface area contributed by atoms with Crippen molar-refractivity contribution in [3.8, 4) is 12.3 Å². The minimum Gasteiger partial charge on any atom is -0.247 e. The summed E-state index contributed by atoms with van der Waals surface area (Å²) in [4.78, 5) is 5.43. The second kappa shape index (κ2) is 6.81. The maximum Gasteiger partial charge on any atom is 0.0791 e. The molecular weight excluding hydrogens is 410 g/mol. The number of hydrogen-bond donors (Lipinski definition) is 0. The molecule has 2 aliphatic rings. The summed E-state index contributed by atoms with van der Waals surface area (Å²) in [6.07, 6.45) is 12.4. The summed E-state index contributed by atoms with van der Waals surface area (Å²) in [5.74, 6) is 3.56. The summed E-state index contributed by atoms with van der Waals surface area (Å²) in [6, 6.07) is 18.1. The Morgan fingerprint density at radius 2 is 1.62 bits per heavy atom. The number of nitrogens with zero attached hydrogens (tertiary/aromatic N) is 1. The number of allylic oxidation sites excluding steroid dienone is 6. The first-order valence-corrected chi connectivity index (χ1v) is 12.1. The summed E-state index contributed by atoms with van der Waals surface area (Å²) in [6.45, 7) is 6.82. The van der Waals surface area contributed by atoms with Crippen LogP contribution in [0, 0.1) is 12.3 Å². The smallest absolute Gasteiger partial charge is 0.0791 e. The second-order valence-electron chi connectivity index (χ2n) is 10.00. The molecule has 7 rings (SSSR count). The third kappa shape index (κ3) is 2.38. The highest BCUT2D eigenvalue weighted by Crippen LogP contribution is 2.59. The number of fused-ring (bicyclic) bond motifs is 8. The summed E-state index contributed by atoms with van der Waals surface area (Å²) in [5, 5.41) is 9.17. The van der Waals surface area contributed by atoms with Crippen molar-refractivity contribution in [3.05, 3.63) is 94.7 Å². The standard InChI is InChI=1S/C33H25N/c1-5-6-7-9-18(2)32-31-26-17-25(19(3)20(26)4)30(31)27-16-23-13-12-21-10-8-11-22-14-15-24(33(27)34-32)29(23)28(21)22/h1,6-16,25-26H,17H2,2-4H3. The number of terminal acetylenes is 1. The van der Waals surface area contributed by atoms with Crippen molar-refractivity contribution in [1.82, 2.24) is 4.98 Å².